The van der Waals surface area contributed by atoms with Crippen molar-refractivity contribution in [3.63, 3.8) is 0 Å². The van der Waals surface area contributed by atoms with Crippen molar-refractivity contribution in [3.8, 4) is 0 Å². The normalized spacial score (nSPS) is 26.6. The summed E-state index contributed by atoms with van der Waals surface area (Å²) in [5.74, 6) is 0.495. The number of hydrogen-bond acceptors (Lipinski definition) is 6. The Labute approximate surface area is 171 Å². The number of aliphatic hydroxyl groups excluding tert-OH is 1. The summed E-state index contributed by atoms with van der Waals surface area (Å²) in [5, 5.41) is 15.3. The van der Waals surface area contributed by atoms with E-state index in [0.29, 0.717) is 25.2 Å². The van der Waals surface area contributed by atoms with Crippen LogP contribution in [0.25, 0.3) is 0 Å². The average molecular weight is 418 g/mol. The number of aliphatic hydroxyl groups is 1. The average Bonchev–Trinajstić information content (AvgIpc) is 3.24. The van der Waals surface area contributed by atoms with Gasteiger partial charge < -0.3 is 5.11 Å². The van der Waals surface area contributed by atoms with E-state index < -0.39 is 16.4 Å². The zero-order valence-corrected chi connectivity index (χ0v) is 17.1. The third-order valence-corrected chi connectivity index (χ3v) is 6.65. The van der Waals surface area contributed by atoms with E-state index in [2.05, 4.69) is 34.2 Å². The molecular formula is C21H27N3O4S. The van der Waals surface area contributed by atoms with E-state index in [1.807, 2.05) is 6.07 Å². The predicted molar refractivity (Wildman–Crippen MR) is 108 cm³/mol. The van der Waals surface area contributed by atoms with Gasteiger partial charge in [-0.2, -0.15) is 8.42 Å². The Bertz CT molecular complexity index is 966. The summed E-state index contributed by atoms with van der Waals surface area (Å²) >= 11 is 0. The standard InChI is InChI=1S/C21H27N3O4S/c22-29(26,27)28-12-14-7-17(21(25)8-14)10-19-11-18(23-13-24-19)9-16-6-5-15-3-1-2-4-20(15)16/h1-4,11,13-14,16-17,21,25H,5-10,12H2,(H2,22,26,27)/t14-,16+,17-,21+/m0/s1. The van der Waals surface area contributed by atoms with Crippen molar-refractivity contribution in [2.24, 2.45) is 17.0 Å². The molecule has 156 valence electrons. The van der Waals surface area contributed by atoms with E-state index in [1.54, 1.807) is 6.33 Å². The van der Waals surface area contributed by atoms with Crippen LogP contribution in [0.5, 0.6) is 0 Å². The lowest BCUT2D eigenvalue weighted by Crippen LogP contribution is -2.19. The molecule has 0 spiro atoms. The minimum Gasteiger partial charge on any atom is -0.393 e. The van der Waals surface area contributed by atoms with Gasteiger partial charge in [0, 0.05) is 11.4 Å². The van der Waals surface area contributed by atoms with Crippen LogP contribution in [0, 0.1) is 11.8 Å². The van der Waals surface area contributed by atoms with E-state index in [1.165, 1.54) is 11.1 Å². The highest BCUT2D eigenvalue weighted by Gasteiger charge is 2.34. The van der Waals surface area contributed by atoms with Crippen molar-refractivity contribution in [2.45, 2.75) is 50.5 Å². The van der Waals surface area contributed by atoms with Crippen molar-refractivity contribution in [1.82, 2.24) is 9.97 Å². The van der Waals surface area contributed by atoms with Crippen LogP contribution in [0.15, 0.2) is 36.7 Å². The minimum absolute atomic E-state index is 0.0164. The molecule has 2 aromatic rings. The molecule has 2 aliphatic carbocycles. The van der Waals surface area contributed by atoms with E-state index >= 15 is 0 Å². The quantitative estimate of drug-likeness (QED) is 0.711. The molecule has 7 nitrogen and oxygen atoms in total. The van der Waals surface area contributed by atoms with Gasteiger partial charge >= 0.3 is 10.3 Å². The Morgan fingerprint density at radius 3 is 2.69 bits per heavy atom. The van der Waals surface area contributed by atoms with Gasteiger partial charge in [0.2, 0.25) is 0 Å². The first-order valence-electron chi connectivity index (χ1n) is 10.1. The fourth-order valence-corrected chi connectivity index (χ4v) is 5.19. The fourth-order valence-electron chi connectivity index (χ4n) is 4.81. The van der Waals surface area contributed by atoms with Crippen molar-refractivity contribution < 1.29 is 17.7 Å². The highest BCUT2D eigenvalue weighted by Crippen LogP contribution is 2.36. The van der Waals surface area contributed by atoms with Crippen LogP contribution in [0.2, 0.25) is 0 Å². The third-order valence-electron chi connectivity index (χ3n) is 6.19. The number of rotatable bonds is 7. The molecule has 0 aliphatic heterocycles. The van der Waals surface area contributed by atoms with Gasteiger partial charge in [0.25, 0.3) is 0 Å². The molecule has 29 heavy (non-hydrogen) atoms. The summed E-state index contributed by atoms with van der Waals surface area (Å²) in [6.07, 6.45) is 6.11. The summed E-state index contributed by atoms with van der Waals surface area (Å²) in [4.78, 5) is 8.86. The maximum absolute atomic E-state index is 11.0. The van der Waals surface area contributed by atoms with E-state index in [0.717, 1.165) is 30.7 Å². The van der Waals surface area contributed by atoms with Gasteiger partial charge in [0.15, 0.2) is 0 Å². The monoisotopic (exact) mass is 417 g/mol. The summed E-state index contributed by atoms with van der Waals surface area (Å²) in [6, 6.07) is 10.7. The molecule has 1 fully saturated rings. The van der Waals surface area contributed by atoms with E-state index in [9.17, 15) is 13.5 Å². The zero-order valence-electron chi connectivity index (χ0n) is 16.3. The van der Waals surface area contributed by atoms with E-state index in [4.69, 9.17) is 9.32 Å². The second-order valence-corrected chi connectivity index (χ2v) is 9.51. The van der Waals surface area contributed by atoms with Crippen LogP contribution < -0.4 is 5.14 Å². The zero-order chi connectivity index (χ0) is 20.4. The Kier molecular flexibility index (Phi) is 5.96. The van der Waals surface area contributed by atoms with Crippen molar-refractivity contribution in [2.75, 3.05) is 6.61 Å². The van der Waals surface area contributed by atoms with Crippen molar-refractivity contribution >= 4 is 10.3 Å². The number of hydrogen-bond donors (Lipinski definition) is 2. The van der Waals surface area contributed by atoms with Gasteiger partial charge in [-0.15, -0.1) is 0 Å². The van der Waals surface area contributed by atoms with Crippen LogP contribution in [-0.2, 0) is 33.7 Å². The molecule has 4 rings (SSSR count). The van der Waals surface area contributed by atoms with Crippen LogP contribution in [-0.4, -0.2) is 36.2 Å². The molecule has 1 heterocycles. The van der Waals surface area contributed by atoms with Gasteiger partial charge in [-0.05, 0) is 73.5 Å². The second-order valence-electron chi connectivity index (χ2n) is 8.29. The van der Waals surface area contributed by atoms with Crippen molar-refractivity contribution in [3.05, 3.63) is 59.2 Å². The summed E-state index contributed by atoms with van der Waals surface area (Å²) in [7, 11) is -3.95. The maximum atomic E-state index is 11.0. The first-order chi connectivity index (χ1) is 13.9. The number of nitrogens with two attached hydrogens (primary N) is 1. The molecule has 8 heteroatoms. The number of aromatic nitrogens is 2. The van der Waals surface area contributed by atoms with Gasteiger partial charge in [-0.25, -0.2) is 15.1 Å². The molecule has 3 N–H and O–H groups in total. The van der Waals surface area contributed by atoms with Crippen LogP contribution in [0.1, 0.15) is 47.7 Å². The molecule has 2 aliphatic rings. The number of nitrogens with zero attached hydrogens (tertiary/aromatic N) is 2. The molecule has 4 atom stereocenters. The van der Waals surface area contributed by atoms with Crippen LogP contribution >= 0.6 is 0 Å². The SMILES string of the molecule is NS(=O)(=O)OC[C@H]1C[C@@H](Cc2cc(C[C@H]3CCc4ccccc43)ncn2)[C@H](O)C1. The molecule has 0 radical (unpaired) electrons. The fraction of sp³-hybridized carbons (Fsp3) is 0.524. The largest absolute Gasteiger partial charge is 0.393 e. The first kappa shape index (κ1) is 20.4. The lowest BCUT2D eigenvalue weighted by Gasteiger charge is -2.15. The lowest BCUT2D eigenvalue weighted by atomic mass is 9.94. The van der Waals surface area contributed by atoms with Gasteiger partial charge in [0.05, 0.1) is 12.7 Å². The Balaban J connectivity index is 1.37. The lowest BCUT2D eigenvalue weighted by molar-refractivity contribution is 0.128. The highest BCUT2D eigenvalue weighted by molar-refractivity contribution is 7.84. The molecule has 1 aromatic carbocycles. The predicted octanol–water partition coefficient (Wildman–Crippen LogP) is 1.90. The number of fused-ring (bicyclic) bond motifs is 1. The summed E-state index contributed by atoms with van der Waals surface area (Å²) in [5.41, 5.74) is 4.81. The molecular weight excluding hydrogens is 390 g/mol. The van der Waals surface area contributed by atoms with Crippen LogP contribution in [0.3, 0.4) is 0 Å². The van der Waals surface area contributed by atoms with Gasteiger partial charge in [0.1, 0.15) is 6.33 Å². The third kappa shape index (κ3) is 5.19. The maximum Gasteiger partial charge on any atom is 0.333 e. The molecule has 0 amide bonds. The highest BCUT2D eigenvalue weighted by atomic mass is 32.2. The number of aryl methyl sites for hydroxylation is 1. The molecule has 1 aromatic heterocycles. The Morgan fingerprint density at radius 1 is 1.14 bits per heavy atom. The molecule has 1 saturated carbocycles. The minimum atomic E-state index is -3.95. The van der Waals surface area contributed by atoms with E-state index in [-0.39, 0.29) is 18.4 Å². The van der Waals surface area contributed by atoms with Crippen LogP contribution in [0.4, 0.5) is 0 Å². The molecule has 0 unspecified atom stereocenters. The Morgan fingerprint density at radius 2 is 1.90 bits per heavy atom. The smallest absolute Gasteiger partial charge is 0.333 e. The van der Waals surface area contributed by atoms with Gasteiger partial charge in [-0.3, -0.25) is 4.18 Å². The first-order valence-corrected chi connectivity index (χ1v) is 11.6. The summed E-state index contributed by atoms with van der Waals surface area (Å²) < 4.78 is 26.6. The Hall–Kier alpha value is -1.87. The summed E-state index contributed by atoms with van der Waals surface area (Å²) in [6.45, 7) is 0.0164. The van der Waals surface area contributed by atoms with Crippen molar-refractivity contribution in [1.29, 1.82) is 0 Å². The molecule has 0 saturated heterocycles. The topological polar surface area (TPSA) is 115 Å². The second kappa shape index (κ2) is 8.47. The molecule has 0 bridgehead atoms. The number of benzene rings is 1. The van der Waals surface area contributed by atoms with Gasteiger partial charge in [-0.1, -0.05) is 24.3 Å².